The van der Waals surface area contributed by atoms with E-state index in [1.807, 2.05) is 42.5 Å². The van der Waals surface area contributed by atoms with Gasteiger partial charge in [-0.1, -0.05) is 18.2 Å². The lowest BCUT2D eigenvalue weighted by Crippen LogP contribution is -2.55. The number of para-hydroxylation sites is 1. The number of benzene rings is 2. The number of nitrogens with zero attached hydrogens (tertiary/aromatic N) is 4. The Morgan fingerprint density at radius 2 is 2.12 bits per heavy atom. The maximum Gasteiger partial charge on any atom is 0.243 e. The summed E-state index contributed by atoms with van der Waals surface area (Å²) in [5.74, 6) is 0.542. The number of likely N-dealkylation sites (tertiary alicyclic amines) is 1. The summed E-state index contributed by atoms with van der Waals surface area (Å²) in [5, 5.41) is 17.3. The lowest BCUT2D eigenvalue weighted by molar-refractivity contribution is -0.134. The summed E-state index contributed by atoms with van der Waals surface area (Å²) in [6.45, 7) is 0.543. The predicted molar refractivity (Wildman–Crippen MR) is 121 cm³/mol. The molecule has 2 amide bonds. The van der Waals surface area contributed by atoms with Crippen LogP contribution in [-0.2, 0) is 15.0 Å². The molecule has 0 radical (unpaired) electrons. The SMILES string of the molecule is N#C[C@@H]1CCCN1C(=O)CN1C(=O)C2(CC(Oc3ccc4[nH]ncc4c3)C2)c2ccccc21. The Hall–Kier alpha value is -3.86. The summed E-state index contributed by atoms with van der Waals surface area (Å²) < 4.78 is 6.18. The minimum absolute atomic E-state index is 0.0293. The molecule has 166 valence electrons. The Balaban J connectivity index is 1.21. The monoisotopic (exact) mass is 441 g/mol. The number of nitrogens with one attached hydrogen (secondary N) is 1. The second kappa shape index (κ2) is 7.34. The first-order valence-corrected chi connectivity index (χ1v) is 11.3. The summed E-state index contributed by atoms with van der Waals surface area (Å²) >= 11 is 0. The van der Waals surface area contributed by atoms with Crippen molar-refractivity contribution in [1.82, 2.24) is 15.1 Å². The molecule has 33 heavy (non-hydrogen) atoms. The maximum absolute atomic E-state index is 13.6. The van der Waals surface area contributed by atoms with Gasteiger partial charge >= 0.3 is 0 Å². The van der Waals surface area contributed by atoms with Gasteiger partial charge in [0.2, 0.25) is 11.8 Å². The first-order chi connectivity index (χ1) is 16.1. The second-order valence-corrected chi connectivity index (χ2v) is 9.13. The number of hydrogen-bond donors (Lipinski definition) is 1. The van der Waals surface area contributed by atoms with E-state index in [0.717, 1.165) is 34.3 Å². The molecular weight excluding hydrogens is 418 g/mol. The molecule has 2 aromatic carbocycles. The minimum Gasteiger partial charge on any atom is -0.490 e. The molecule has 1 atom stereocenters. The number of H-pyrrole nitrogens is 1. The van der Waals surface area contributed by atoms with E-state index in [1.54, 1.807) is 16.0 Å². The highest BCUT2D eigenvalue weighted by molar-refractivity contribution is 6.11. The molecule has 1 aromatic heterocycles. The van der Waals surface area contributed by atoms with E-state index in [0.29, 0.717) is 25.8 Å². The highest BCUT2D eigenvalue weighted by Crippen LogP contribution is 2.54. The van der Waals surface area contributed by atoms with Crippen LogP contribution < -0.4 is 9.64 Å². The normalized spacial score (nSPS) is 25.8. The first kappa shape index (κ1) is 19.8. The van der Waals surface area contributed by atoms with Crippen molar-refractivity contribution in [3.8, 4) is 11.8 Å². The van der Waals surface area contributed by atoms with Crippen LogP contribution in [-0.4, -0.2) is 52.1 Å². The number of nitriles is 1. The molecule has 1 saturated carbocycles. The molecule has 6 rings (SSSR count). The molecule has 8 nitrogen and oxygen atoms in total. The molecule has 3 heterocycles. The number of hydrogen-bond acceptors (Lipinski definition) is 5. The predicted octanol–water partition coefficient (Wildman–Crippen LogP) is 2.90. The third-order valence-corrected chi connectivity index (χ3v) is 7.25. The van der Waals surface area contributed by atoms with Crippen LogP contribution >= 0.6 is 0 Å². The third-order valence-electron chi connectivity index (χ3n) is 7.25. The Bertz CT molecular complexity index is 1300. The molecule has 1 N–H and O–H groups in total. The van der Waals surface area contributed by atoms with Crippen molar-refractivity contribution in [1.29, 1.82) is 5.26 Å². The van der Waals surface area contributed by atoms with Crippen LogP contribution in [0.25, 0.3) is 10.9 Å². The van der Waals surface area contributed by atoms with Crippen molar-refractivity contribution < 1.29 is 14.3 Å². The van der Waals surface area contributed by atoms with Crippen molar-refractivity contribution in [2.75, 3.05) is 18.0 Å². The molecule has 3 aromatic rings. The van der Waals surface area contributed by atoms with Crippen LogP contribution in [0.2, 0.25) is 0 Å². The molecule has 1 saturated heterocycles. The molecule has 8 heteroatoms. The number of rotatable bonds is 4. The van der Waals surface area contributed by atoms with E-state index in [-0.39, 0.29) is 24.5 Å². The fraction of sp³-hybridized carbons (Fsp3) is 0.360. The van der Waals surface area contributed by atoms with Crippen LogP contribution in [0.1, 0.15) is 31.2 Å². The van der Waals surface area contributed by atoms with Gasteiger partial charge in [-0.3, -0.25) is 14.7 Å². The summed E-state index contributed by atoms with van der Waals surface area (Å²) in [5.41, 5.74) is 2.05. The summed E-state index contributed by atoms with van der Waals surface area (Å²) in [4.78, 5) is 29.8. The zero-order valence-corrected chi connectivity index (χ0v) is 18.0. The smallest absolute Gasteiger partial charge is 0.243 e. The van der Waals surface area contributed by atoms with Gasteiger partial charge in [0.25, 0.3) is 0 Å². The van der Waals surface area contributed by atoms with E-state index in [2.05, 4.69) is 16.3 Å². The molecule has 0 bridgehead atoms. The van der Waals surface area contributed by atoms with E-state index < -0.39 is 11.5 Å². The van der Waals surface area contributed by atoms with Crippen molar-refractivity contribution in [3.05, 3.63) is 54.2 Å². The van der Waals surface area contributed by atoms with E-state index >= 15 is 0 Å². The van der Waals surface area contributed by atoms with Gasteiger partial charge in [0.15, 0.2) is 0 Å². The molecule has 2 aliphatic heterocycles. The van der Waals surface area contributed by atoms with Crippen LogP contribution in [0.5, 0.6) is 5.75 Å². The van der Waals surface area contributed by atoms with Crippen LogP contribution in [0.4, 0.5) is 5.69 Å². The van der Waals surface area contributed by atoms with Gasteiger partial charge in [0.1, 0.15) is 24.4 Å². The number of ether oxygens (including phenoxy) is 1. The number of carbonyl (C=O) groups excluding carboxylic acids is 2. The summed E-state index contributed by atoms with van der Waals surface area (Å²) in [6, 6.07) is 15.3. The van der Waals surface area contributed by atoms with E-state index in [4.69, 9.17) is 4.74 Å². The quantitative estimate of drug-likeness (QED) is 0.671. The fourth-order valence-corrected chi connectivity index (χ4v) is 5.56. The van der Waals surface area contributed by atoms with E-state index in [1.165, 1.54) is 0 Å². The Kier molecular flexibility index (Phi) is 4.40. The molecule has 1 spiro atoms. The van der Waals surface area contributed by atoms with Crippen molar-refractivity contribution in [2.24, 2.45) is 0 Å². The summed E-state index contributed by atoms with van der Waals surface area (Å²) in [7, 11) is 0. The van der Waals surface area contributed by atoms with Crippen molar-refractivity contribution in [2.45, 2.75) is 43.2 Å². The molecule has 1 aliphatic carbocycles. The van der Waals surface area contributed by atoms with E-state index in [9.17, 15) is 14.9 Å². The van der Waals surface area contributed by atoms with Crippen LogP contribution in [0.3, 0.4) is 0 Å². The fourth-order valence-electron chi connectivity index (χ4n) is 5.56. The highest BCUT2D eigenvalue weighted by atomic mass is 16.5. The van der Waals surface area contributed by atoms with Gasteiger partial charge in [-0.15, -0.1) is 0 Å². The Labute approximate surface area is 190 Å². The average Bonchev–Trinajstić information content (AvgIpc) is 3.52. The average molecular weight is 441 g/mol. The third kappa shape index (κ3) is 2.99. The molecular formula is C25H23N5O3. The van der Waals surface area contributed by atoms with Gasteiger partial charge in [-0.05, 0) is 42.7 Å². The molecule has 3 aliphatic rings. The number of aromatic amines is 1. The molecule has 2 fully saturated rings. The number of aromatic nitrogens is 2. The van der Waals surface area contributed by atoms with Crippen molar-refractivity contribution >= 4 is 28.4 Å². The molecule has 0 unspecified atom stereocenters. The van der Waals surface area contributed by atoms with Crippen molar-refractivity contribution in [3.63, 3.8) is 0 Å². The zero-order valence-electron chi connectivity index (χ0n) is 18.0. The largest absolute Gasteiger partial charge is 0.490 e. The topological polar surface area (TPSA) is 102 Å². The zero-order chi connectivity index (χ0) is 22.6. The number of fused-ring (bicyclic) bond motifs is 3. The number of carbonyl (C=O) groups is 2. The minimum atomic E-state index is -0.652. The maximum atomic E-state index is 13.6. The lowest BCUT2D eigenvalue weighted by Gasteiger charge is -2.43. The van der Waals surface area contributed by atoms with Gasteiger partial charge in [0, 0.05) is 30.5 Å². The van der Waals surface area contributed by atoms with Gasteiger partial charge in [-0.2, -0.15) is 10.4 Å². The Morgan fingerprint density at radius 3 is 2.97 bits per heavy atom. The first-order valence-electron chi connectivity index (χ1n) is 11.3. The second-order valence-electron chi connectivity index (χ2n) is 9.13. The van der Waals surface area contributed by atoms with Crippen LogP contribution in [0, 0.1) is 11.3 Å². The van der Waals surface area contributed by atoms with Gasteiger partial charge in [-0.25, -0.2) is 0 Å². The summed E-state index contributed by atoms with van der Waals surface area (Å²) in [6.07, 6.45) is 4.34. The number of anilines is 1. The van der Waals surface area contributed by atoms with Crippen LogP contribution in [0.15, 0.2) is 48.7 Å². The number of amides is 2. The Morgan fingerprint density at radius 1 is 1.27 bits per heavy atom. The van der Waals surface area contributed by atoms with Gasteiger partial charge in [0.05, 0.1) is 23.2 Å². The highest BCUT2D eigenvalue weighted by Gasteiger charge is 2.59. The lowest BCUT2D eigenvalue weighted by atomic mass is 9.63. The standard InChI is InChI=1S/C25H23N5O3/c26-13-17-4-3-9-29(17)23(31)15-30-22-6-2-1-5-20(22)25(24(30)32)11-19(12-25)33-18-7-8-21-16(10-18)14-27-28-21/h1-2,5-8,10,14,17,19H,3-4,9,11-12,15H2,(H,27,28)/t17-,19?,25?/m0/s1. The van der Waals surface area contributed by atoms with Gasteiger partial charge < -0.3 is 14.5 Å².